The van der Waals surface area contributed by atoms with Gasteiger partial charge in [-0.3, -0.25) is 0 Å². The van der Waals surface area contributed by atoms with Gasteiger partial charge in [0, 0.05) is 11.6 Å². The highest BCUT2D eigenvalue weighted by molar-refractivity contribution is 5.85. The lowest BCUT2D eigenvalue weighted by Gasteiger charge is -2.13. The third-order valence-electron chi connectivity index (χ3n) is 3.21. The SMILES string of the molecule is CCOc1cc(/C=C/C(=O)O)ccc1OCc1ccccc1C#N. The molecule has 0 spiro atoms. The van der Waals surface area contributed by atoms with Crippen molar-refractivity contribution < 1.29 is 19.4 Å². The monoisotopic (exact) mass is 323 g/mol. The standard InChI is InChI=1S/C19H17NO4/c1-2-23-18-11-14(8-10-19(21)22)7-9-17(18)24-13-16-6-4-3-5-15(16)12-20/h3-11H,2,13H2,1H3,(H,21,22)/b10-8+. The Morgan fingerprint density at radius 3 is 2.71 bits per heavy atom. The maximum atomic E-state index is 10.6. The fourth-order valence-electron chi connectivity index (χ4n) is 2.09. The van der Waals surface area contributed by atoms with Crippen LogP contribution in [0.15, 0.2) is 48.5 Å². The first-order chi connectivity index (χ1) is 11.6. The summed E-state index contributed by atoms with van der Waals surface area (Å²) in [5.41, 5.74) is 2.05. The van der Waals surface area contributed by atoms with Crippen molar-refractivity contribution in [3.63, 3.8) is 0 Å². The molecule has 0 bridgehead atoms. The number of hydrogen-bond donors (Lipinski definition) is 1. The fraction of sp³-hybridized carbons (Fsp3) is 0.158. The predicted octanol–water partition coefficient (Wildman–Crippen LogP) is 3.63. The molecule has 2 aromatic rings. The normalized spacial score (nSPS) is 10.3. The Morgan fingerprint density at radius 2 is 2.00 bits per heavy atom. The summed E-state index contributed by atoms with van der Waals surface area (Å²) in [6, 6.07) is 14.5. The molecular formula is C19H17NO4. The second kappa shape index (κ2) is 8.39. The molecule has 0 aliphatic rings. The third-order valence-corrected chi connectivity index (χ3v) is 3.21. The minimum absolute atomic E-state index is 0.244. The van der Waals surface area contributed by atoms with Crippen LogP contribution in [0.3, 0.4) is 0 Å². The van der Waals surface area contributed by atoms with Gasteiger partial charge in [-0.05, 0) is 36.8 Å². The van der Waals surface area contributed by atoms with Gasteiger partial charge in [0.05, 0.1) is 18.2 Å². The summed E-state index contributed by atoms with van der Waals surface area (Å²) in [4.78, 5) is 10.6. The summed E-state index contributed by atoms with van der Waals surface area (Å²) in [5.74, 6) is 0.0537. The zero-order valence-electron chi connectivity index (χ0n) is 13.2. The van der Waals surface area contributed by atoms with Crippen molar-refractivity contribution in [1.82, 2.24) is 0 Å². The molecule has 1 N–H and O–H groups in total. The summed E-state index contributed by atoms with van der Waals surface area (Å²) >= 11 is 0. The van der Waals surface area contributed by atoms with Crippen molar-refractivity contribution in [3.8, 4) is 17.6 Å². The Labute approximate surface area is 140 Å². The van der Waals surface area contributed by atoms with Crippen molar-refractivity contribution in [3.05, 3.63) is 65.2 Å². The molecule has 24 heavy (non-hydrogen) atoms. The maximum absolute atomic E-state index is 10.6. The molecule has 0 radical (unpaired) electrons. The smallest absolute Gasteiger partial charge is 0.328 e. The summed E-state index contributed by atoms with van der Waals surface area (Å²) in [6.07, 6.45) is 2.55. The second-order valence-corrected chi connectivity index (χ2v) is 4.87. The van der Waals surface area contributed by atoms with Crippen molar-refractivity contribution in [2.24, 2.45) is 0 Å². The zero-order valence-corrected chi connectivity index (χ0v) is 13.2. The fourth-order valence-corrected chi connectivity index (χ4v) is 2.09. The van der Waals surface area contributed by atoms with E-state index in [-0.39, 0.29) is 6.61 Å². The molecule has 0 amide bonds. The van der Waals surface area contributed by atoms with E-state index in [1.54, 1.807) is 30.3 Å². The molecule has 0 atom stereocenters. The molecule has 0 saturated carbocycles. The average Bonchev–Trinajstić information content (AvgIpc) is 2.59. The zero-order chi connectivity index (χ0) is 17.4. The maximum Gasteiger partial charge on any atom is 0.328 e. The van der Waals surface area contributed by atoms with E-state index in [9.17, 15) is 4.79 Å². The van der Waals surface area contributed by atoms with Crippen molar-refractivity contribution in [2.75, 3.05) is 6.61 Å². The van der Waals surface area contributed by atoms with Crippen LogP contribution in [0.2, 0.25) is 0 Å². The Hall–Kier alpha value is -3.26. The number of carboxylic acids is 1. The van der Waals surface area contributed by atoms with Crippen molar-refractivity contribution in [2.45, 2.75) is 13.5 Å². The Morgan fingerprint density at radius 1 is 1.21 bits per heavy atom. The molecule has 5 nitrogen and oxygen atoms in total. The molecule has 2 rings (SSSR count). The third kappa shape index (κ3) is 4.62. The van der Waals surface area contributed by atoms with Crippen LogP contribution in [0.1, 0.15) is 23.6 Å². The highest BCUT2D eigenvalue weighted by atomic mass is 16.5. The number of carbonyl (C=O) groups is 1. The number of ether oxygens (including phenoxy) is 2. The average molecular weight is 323 g/mol. The van der Waals surface area contributed by atoms with Gasteiger partial charge in [0.15, 0.2) is 11.5 Å². The van der Waals surface area contributed by atoms with Gasteiger partial charge in [-0.1, -0.05) is 24.3 Å². The predicted molar refractivity (Wildman–Crippen MR) is 89.8 cm³/mol. The number of carboxylic acid groups (broad SMARTS) is 1. The number of benzene rings is 2. The number of aliphatic carboxylic acids is 1. The van der Waals surface area contributed by atoms with Crippen LogP contribution in [-0.2, 0) is 11.4 Å². The lowest BCUT2D eigenvalue weighted by molar-refractivity contribution is -0.131. The highest BCUT2D eigenvalue weighted by Crippen LogP contribution is 2.30. The van der Waals surface area contributed by atoms with Gasteiger partial charge in [-0.25, -0.2) is 4.79 Å². The molecule has 0 heterocycles. The molecular weight excluding hydrogens is 306 g/mol. The highest BCUT2D eigenvalue weighted by Gasteiger charge is 2.08. The first-order valence-electron chi connectivity index (χ1n) is 7.42. The van der Waals surface area contributed by atoms with Crippen molar-refractivity contribution >= 4 is 12.0 Å². The van der Waals surface area contributed by atoms with Gasteiger partial charge in [-0.2, -0.15) is 5.26 Å². The topological polar surface area (TPSA) is 79.6 Å². The van der Waals surface area contributed by atoms with Crippen LogP contribution in [0.25, 0.3) is 6.08 Å². The molecule has 0 unspecified atom stereocenters. The molecule has 0 aliphatic carbocycles. The van der Waals surface area contributed by atoms with Gasteiger partial charge in [0.2, 0.25) is 0 Å². The molecule has 122 valence electrons. The minimum atomic E-state index is -1.01. The van der Waals surface area contributed by atoms with E-state index < -0.39 is 5.97 Å². The largest absolute Gasteiger partial charge is 0.490 e. The minimum Gasteiger partial charge on any atom is -0.490 e. The Kier molecular flexibility index (Phi) is 5.98. The molecule has 5 heteroatoms. The van der Waals surface area contributed by atoms with Gasteiger partial charge in [0.1, 0.15) is 6.61 Å². The first-order valence-corrected chi connectivity index (χ1v) is 7.42. The number of rotatable bonds is 7. The molecule has 2 aromatic carbocycles. The summed E-state index contributed by atoms with van der Waals surface area (Å²) in [5, 5.41) is 17.8. The van der Waals surface area contributed by atoms with E-state index in [4.69, 9.17) is 19.8 Å². The Balaban J connectivity index is 2.20. The van der Waals surface area contributed by atoms with E-state index >= 15 is 0 Å². The molecule has 0 fully saturated rings. The summed E-state index contributed by atoms with van der Waals surface area (Å²) in [6.45, 7) is 2.56. The first kappa shape index (κ1) is 17.1. The van der Waals surface area contributed by atoms with E-state index in [1.807, 2.05) is 19.1 Å². The van der Waals surface area contributed by atoms with Crippen LogP contribution in [0.4, 0.5) is 0 Å². The number of nitrogens with zero attached hydrogens (tertiary/aromatic N) is 1. The van der Waals surface area contributed by atoms with Gasteiger partial charge < -0.3 is 14.6 Å². The summed E-state index contributed by atoms with van der Waals surface area (Å²) in [7, 11) is 0. The number of nitriles is 1. The van der Waals surface area contributed by atoms with Gasteiger partial charge >= 0.3 is 5.97 Å². The van der Waals surface area contributed by atoms with Gasteiger partial charge in [0.25, 0.3) is 0 Å². The van der Waals surface area contributed by atoms with Crippen LogP contribution in [0.5, 0.6) is 11.5 Å². The quantitative estimate of drug-likeness (QED) is 0.787. The molecule has 0 saturated heterocycles. The molecule has 0 aliphatic heterocycles. The van der Waals surface area contributed by atoms with E-state index in [1.165, 1.54) is 6.08 Å². The van der Waals surface area contributed by atoms with Crippen molar-refractivity contribution in [1.29, 1.82) is 5.26 Å². The van der Waals surface area contributed by atoms with Crippen LogP contribution >= 0.6 is 0 Å². The van der Waals surface area contributed by atoms with Gasteiger partial charge in [-0.15, -0.1) is 0 Å². The lowest BCUT2D eigenvalue weighted by Crippen LogP contribution is -2.01. The number of hydrogen-bond acceptors (Lipinski definition) is 4. The summed E-state index contributed by atoms with van der Waals surface area (Å²) < 4.78 is 11.3. The molecule has 0 aromatic heterocycles. The van der Waals surface area contributed by atoms with E-state index in [0.29, 0.717) is 29.2 Å². The van der Waals surface area contributed by atoms with E-state index in [0.717, 1.165) is 11.6 Å². The second-order valence-electron chi connectivity index (χ2n) is 4.87. The van der Waals surface area contributed by atoms with E-state index in [2.05, 4.69) is 6.07 Å². The van der Waals surface area contributed by atoms with Crippen LogP contribution in [-0.4, -0.2) is 17.7 Å². The van der Waals surface area contributed by atoms with Crippen LogP contribution < -0.4 is 9.47 Å². The lowest BCUT2D eigenvalue weighted by atomic mass is 10.1. The van der Waals surface area contributed by atoms with Crippen LogP contribution in [0, 0.1) is 11.3 Å². The Bertz CT molecular complexity index is 790.